The third-order valence-corrected chi connectivity index (χ3v) is 3.92. The predicted molar refractivity (Wildman–Crippen MR) is 92.4 cm³/mol. The molecule has 0 aliphatic carbocycles. The molecule has 2 nitrogen and oxygen atoms in total. The van der Waals surface area contributed by atoms with E-state index in [1.165, 1.54) is 11.1 Å². The molecule has 1 aromatic carbocycles. The van der Waals surface area contributed by atoms with Crippen molar-refractivity contribution in [3.8, 4) is 0 Å². The van der Waals surface area contributed by atoms with E-state index < -0.39 is 0 Å². The number of benzene rings is 1. The maximum atomic E-state index is 5.30. The third kappa shape index (κ3) is 7.43. The van der Waals surface area contributed by atoms with Crippen molar-refractivity contribution in [3.05, 3.63) is 29.3 Å². The Morgan fingerprint density at radius 2 is 1.74 bits per heavy atom. The molecule has 0 aromatic heterocycles. The van der Waals surface area contributed by atoms with E-state index in [0.29, 0.717) is 9.86 Å². The highest BCUT2D eigenvalue weighted by atomic mass is 32.2. The Balaban J connectivity index is 2.35. The summed E-state index contributed by atoms with van der Waals surface area (Å²) in [5.41, 5.74) is 3.54. The molecule has 0 heterocycles. The Bertz CT molecular complexity index is 416. The summed E-state index contributed by atoms with van der Waals surface area (Å²) in [5.74, 6) is 1.05. The molecule has 1 aromatic rings. The van der Waals surface area contributed by atoms with Gasteiger partial charge in [-0.15, -0.1) is 0 Å². The lowest BCUT2D eigenvalue weighted by molar-refractivity contribution is 0.800. The van der Waals surface area contributed by atoms with Gasteiger partial charge >= 0.3 is 0 Å². The van der Waals surface area contributed by atoms with Gasteiger partial charge in [-0.1, -0.05) is 26.8 Å². The van der Waals surface area contributed by atoms with Gasteiger partial charge in [0.25, 0.3) is 0 Å². The van der Waals surface area contributed by atoms with E-state index in [4.69, 9.17) is 12.2 Å². The first-order valence-electron chi connectivity index (χ1n) is 6.53. The molecule has 106 valence electrons. The van der Waals surface area contributed by atoms with Gasteiger partial charge in [0.05, 0.1) is 0 Å². The molecule has 19 heavy (non-hydrogen) atoms. The van der Waals surface area contributed by atoms with Crippen LogP contribution < -0.4 is 10.6 Å². The molecule has 0 aliphatic rings. The van der Waals surface area contributed by atoms with Crippen molar-refractivity contribution in [1.29, 1.82) is 0 Å². The van der Waals surface area contributed by atoms with Crippen LogP contribution in [-0.2, 0) is 0 Å². The van der Waals surface area contributed by atoms with Gasteiger partial charge < -0.3 is 10.6 Å². The van der Waals surface area contributed by atoms with Gasteiger partial charge in [-0.05, 0) is 49.3 Å². The summed E-state index contributed by atoms with van der Waals surface area (Å²) in [4.78, 5) is 0. The summed E-state index contributed by atoms with van der Waals surface area (Å²) in [5, 5.41) is 7.17. The summed E-state index contributed by atoms with van der Waals surface area (Å²) in [6.07, 6.45) is 0. The van der Waals surface area contributed by atoms with Crippen molar-refractivity contribution in [1.82, 2.24) is 5.32 Å². The average molecular weight is 297 g/mol. The number of nitrogens with one attached hydrogen (secondary N) is 2. The summed E-state index contributed by atoms with van der Waals surface area (Å²) in [6.45, 7) is 11.7. The molecule has 0 saturated heterocycles. The van der Waals surface area contributed by atoms with Crippen LogP contribution in [-0.4, -0.2) is 22.2 Å². The fourth-order valence-electron chi connectivity index (χ4n) is 1.74. The van der Waals surface area contributed by atoms with Crippen LogP contribution in [0.4, 0.5) is 5.69 Å². The number of rotatable bonds is 4. The standard InChI is InChI=1S/C15H24N2S2/c1-11-8-12(2)10-13(9-11)17-14(18)16-6-7-19-15(3,4)5/h8-10H,6-7H2,1-5H3,(H2,16,17,18). The van der Waals surface area contributed by atoms with E-state index in [0.717, 1.165) is 18.0 Å². The van der Waals surface area contributed by atoms with Crippen LogP contribution in [0, 0.1) is 13.8 Å². The quantitative estimate of drug-likeness (QED) is 0.644. The van der Waals surface area contributed by atoms with Gasteiger partial charge in [-0.3, -0.25) is 0 Å². The lowest BCUT2D eigenvalue weighted by atomic mass is 10.1. The minimum Gasteiger partial charge on any atom is -0.362 e. The van der Waals surface area contributed by atoms with Crippen LogP contribution >= 0.6 is 24.0 Å². The molecule has 0 unspecified atom stereocenters. The van der Waals surface area contributed by atoms with Gasteiger partial charge in [0.2, 0.25) is 0 Å². The topological polar surface area (TPSA) is 24.1 Å². The van der Waals surface area contributed by atoms with Gasteiger partial charge in [-0.2, -0.15) is 11.8 Å². The minimum absolute atomic E-state index is 0.310. The lowest BCUT2D eigenvalue weighted by Crippen LogP contribution is -2.31. The van der Waals surface area contributed by atoms with Gasteiger partial charge in [0.15, 0.2) is 5.11 Å². The summed E-state index contributed by atoms with van der Waals surface area (Å²) in [6, 6.07) is 6.36. The molecule has 0 bridgehead atoms. The Labute approximate surface area is 126 Å². The van der Waals surface area contributed by atoms with Crippen LogP contribution in [0.15, 0.2) is 18.2 Å². The molecular weight excluding hydrogens is 272 g/mol. The number of hydrogen-bond donors (Lipinski definition) is 2. The smallest absolute Gasteiger partial charge is 0.170 e. The number of thioether (sulfide) groups is 1. The van der Waals surface area contributed by atoms with E-state index in [1.54, 1.807) is 0 Å². The number of anilines is 1. The SMILES string of the molecule is Cc1cc(C)cc(NC(=S)NCCSC(C)(C)C)c1. The highest BCUT2D eigenvalue weighted by Crippen LogP contribution is 2.22. The monoisotopic (exact) mass is 296 g/mol. The molecule has 0 saturated carbocycles. The second-order valence-corrected chi connectivity index (χ2v) is 8.05. The van der Waals surface area contributed by atoms with E-state index >= 15 is 0 Å². The molecule has 0 spiro atoms. The molecule has 0 amide bonds. The van der Waals surface area contributed by atoms with Gasteiger partial charge in [0.1, 0.15) is 0 Å². The molecule has 0 aliphatic heterocycles. The van der Waals surface area contributed by atoms with Crippen molar-refractivity contribution in [3.63, 3.8) is 0 Å². The first-order chi connectivity index (χ1) is 8.76. The van der Waals surface area contributed by atoms with Crippen molar-refractivity contribution in [2.24, 2.45) is 0 Å². The highest BCUT2D eigenvalue weighted by Gasteiger charge is 2.09. The van der Waals surface area contributed by atoms with Gasteiger partial charge in [0, 0.05) is 22.7 Å². The number of hydrogen-bond acceptors (Lipinski definition) is 2. The maximum Gasteiger partial charge on any atom is 0.170 e. The van der Waals surface area contributed by atoms with E-state index in [2.05, 4.69) is 63.5 Å². The Morgan fingerprint density at radius 3 is 2.26 bits per heavy atom. The Kier molecular flexibility index (Phi) is 6.14. The Hall–Kier alpha value is -0.740. The maximum absolute atomic E-state index is 5.30. The zero-order chi connectivity index (χ0) is 14.5. The van der Waals surface area contributed by atoms with Crippen LogP contribution in [0.25, 0.3) is 0 Å². The average Bonchev–Trinajstić information content (AvgIpc) is 2.21. The molecular formula is C15H24N2S2. The zero-order valence-electron chi connectivity index (χ0n) is 12.5. The first-order valence-corrected chi connectivity index (χ1v) is 7.93. The van der Waals surface area contributed by atoms with Crippen molar-refractivity contribution < 1.29 is 0 Å². The fourth-order valence-corrected chi connectivity index (χ4v) is 2.78. The van der Waals surface area contributed by atoms with Crippen molar-refractivity contribution >= 4 is 34.8 Å². The number of aryl methyl sites for hydroxylation is 2. The third-order valence-electron chi connectivity index (χ3n) is 2.40. The second kappa shape index (κ2) is 7.15. The van der Waals surface area contributed by atoms with Crippen LogP contribution in [0.2, 0.25) is 0 Å². The van der Waals surface area contributed by atoms with E-state index in [9.17, 15) is 0 Å². The van der Waals surface area contributed by atoms with E-state index in [-0.39, 0.29) is 0 Å². The van der Waals surface area contributed by atoms with Crippen LogP contribution in [0.3, 0.4) is 0 Å². The number of thiocarbonyl (C=S) groups is 1. The predicted octanol–water partition coefficient (Wildman–Crippen LogP) is 4.12. The minimum atomic E-state index is 0.310. The highest BCUT2D eigenvalue weighted by molar-refractivity contribution is 8.00. The van der Waals surface area contributed by atoms with Crippen molar-refractivity contribution in [2.45, 2.75) is 39.4 Å². The first kappa shape index (κ1) is 16.3. The molecule has 0 atom stereocenters. The molecule has 2 N–H and O–H groups in total. The molecule has 1 rings (SSSR count). The fraction of sp³-hybridized carbons (Fsp3) is 0.533. The zero-order valence-corrected chi connectivity index (χ0v) is 14.1. The van der Waals surface area contributed by atoms with Crippen molar-refractivity contribution in [2.75, 3.05) is 17.6 Å². The van der Waals surface area contributed by atoms with Crippen LogP contribution in [0.5, 0.6) is 0 Å². The summed E-state index contributed by atoms with van der Waals surface area (Å²) < 4.78 is 0.310. The van der Waals surface area contributed by atoms with E-state index in [1.807, 2.05) is 11.8 Å². The Morgan fingerprint density at radius 1 is 1.16 bits per heavy atom. The molecule has 0 radical (unpaired) electrons. The largest absolute Gasteiger partial charge is 0.362 e. The summed E-state index contributed by atoms with van der Waals surface area (Å²) in [7, 11) is 0. The van der Waals surface area contributed by atoms with Crippen LogP contribution in [0.1, 0.15) is 31.9 Å². The molecule has 0 fully saturated rings. The normalized spacial score (nSPS) is 11.2. The lowest BCUT2D eigenvalue weighted by Gasteiger charge is -2.18. The second-order valence-electron chi connectivity index (χ2n) is 5.72. The molecule has 4 heteroatoms. The van der Waals surface area contributed by atoms with Gasteiger partial charge in [-0.25, -0.2) is 0 Å². The summed E-state index contributed by atoms with van der Waals surface area (Å²) >= 11 is 7.23.